The van der Waals surface area contributed by atoms with Crippen molar-refractivity contribution in [2.24, 2.45) is 0 Å². The number of hydrogen-bond donors (Lipinski definition) is 1. The van der Waals surface area contributed by atoms with Crippen molar-refractivity contribution in [2.75, 3.05) is 11.9 Å². The lowest BCUT2D eigenvalue weighted by molar-refractivity contribution is 0.0951. The summed E-state index contributed by atoms with van der Waals surface area (Å²) in [6.07, 6.45) is 4.51. The van der Waals surface area contributed by atoms with Crippen molar-refractivity contribution in [1.29, 1.82) is 0 Å². The summed E-state index contributed by atoms with van der Waals surface area (Å²) in [5.41, 5.74) is 2.47. The molecular formula is C20H21N5OS2. The number of carbonyl (C=O) groups excluding carboxylic acids is 1. The number of aryl methyl sites for hydroxylation is 1. The Morgan fingerprint density at radius 2 is 2.14 bits per heavy atom. The van der Waals surface area contributed by atoms with Crippen LogP contribution in [0.15, 0.2) is 47.4 Å². The molecule has 0 unspecified atom stereocenters. The zero-order valence-corrected chi connectivity index (χ0v) is 17.4. The minimum Gasteiger partial charge on any atom is -0.352 e. The predicted molar refractivity (Wildman–Crippen MR) is 114 cm³/mol. The van der Waals surface area contributed by atoms with Gasteiger partial charge in [-0.05, 0) is 30.0 Å². The Morgan fingerprint density at radius 3 is 2.86 bits per heavy atom. The summed E-state index contributed by atoms with van der Waals surface area (Å²) in [5.74, 6) is 0.913. The van der Waals surface area contributed by atoms with E-state index < -0.39 is 0 Å². The first-order chi connectivity index (χ1) is 13.7. The van der Waals surface area contributed by atoms with E-state index in [4.69, 9.17) is 4.98 Å². The van der Waals surface area contributed by atoms with Gasteiger partial charge in [0.15, 0.2) is 0 Å². The number of rotatable bonds is 7. The Bertz CT molecular complexity index is 1070. The van der Waals surface area contributed by atoms with Gasteiger partial charge in [0.05, 0.1) is 24.3 Å². The maximum atomic E-state index is 12.6. The van der Waals surface area contributed by atoms with Crippen LogP contribution in [0.2, 0.25) is 0 Å². The van der Waals surface area contributed by atoms with E-state index in [0.29, 0.717) is 18.7 Å². The van der Waals surface area contributed by atoms with Crippen LogP contribution in [0.1, 0.15) is 32.9 Å². The highest BCUT2D eigenvalue weighted by Crippen LogP contribution is 2.25. The summed E-state index contributed by atoms with van der Waals surface area (Å²) >= 11 is 3.27. The molecule has 0 aromatic carbocycles. The fraction of sp³-hybridized carbons (Fsp3) is 0.250. The largest absolute Gasteiger partial charge is 0.352 e. The fourth-order valence-electron chi connectivity index (χ4n) is 3.15. The van der Waals surface area contributed by atoms with Crippen LogP contribution in [0.25, 0.3) is 5.65 Å². The molecule has 1 N–H and O–H groups in total. The summed E-state index contributed by atoms with van der Waals surface area (Å²) in [5, 5.41) is 8.02. The van der Waals surface area contributed by atoms with Crippen LogP contribution >= 0.6 is 22.7 Å². The lowest BCUT2D eigenvalue weighted by Crippen LogP contribution is -2.23. The molecule has 0 radical (unpaired) electrons. The summed E-state index contributed by atoms with van der Waals surface area (Å²) in [6, 6.07) is 7.74. The SMILES string of the molecule is CCc1nc2ccc(C(=O)NCc3cccs3)cn2c1N(C)Cc1nccs1. The first-order valence-corrected chi connectivity index (χ1v) is 10.8. The minimum atomic E-state index is -0.0874. The number of aromatic nitrogens is 3. The number of anilines is 1. The predicted octanol–water partition coefficient (Wildman–Crippen LogP) is 3.98. The van der Waals surface area contributed by atoms with Crippen LogP contribution in [0.3, 0.4) is 0 Å². The number of nitrogens with one attached hydrogen (secondary N) is 1. The van der Waals surface area contributed by atoms with Gasteiger partial charge in [-0.2, -0.15) is 0 Å². The molecule has 0 aliphatic heterocycles. The van der Waals surface area contributed by atoms with Crippen molar-refractivity contribution in [3.63, 3.8) is 0 Å². The van der Waals surface area contributed by atoms with Crippen molar-refractivity contribution in [1.82, 2.24) is 19.7 Å². The summed E-state index contributed by atoms with van der Waals surface area (Å²) in [6.45, 7) is 3.33. The topological polar surface area (TPSA) is 62.5 Å². The molecule has 0 aliphatic carbocycles. The number of hydrogen-bond acceptors (Lipinski definition) is 6. The molecule has 0 bridgehead atoms. The Morgan fingerprint density at radius 1 is 1.25 bits per heavy atom. The van der Waals surface area contributed by atoms with Crippen LogP contribution in [-0.2, 0) is 19.5 Å². The lowest BCUT2D eigenvalue weighted by atomic mass is 10.2. The zero-order valence-electron chi connectivity index (χ0n) is 15.8. The normalized spacial score (nSPS) is 11.1. The van der Waals surface area contributed by atoms with E-state index in [1.54, 1.807) is 22.7 Å². The Hall–Kier alpha value is -2.71. The lowest BCUT2D eigenvalue weighted by Gasteiger charge is -2.19. The second kappa shape index (κ2) is 8.12. The molecule has 0 atom stereocenters. The molecule has 144 valence electrons. The Labute approximate surface area is 171 Å². The van der Waals surface area contributed by atoms with Crippen LogP contribution in [0, 0.1) is 0 Å². The number of nitrogens with zero attached hydrogens (tertiary/aromatic N) is 4. The Kier molecular flexibility index (Phi) is 5.40. The maximum absolute atomic E-state index is 12.6. The van der Waals surface area contributed by atoms with Crippen molar-refractivity contribution in [2.45, 2.75) is 26.4 Å². The van der Waals surface area contributed by atoms with E-state index in [1.807, 2.05) is 58.9 Å². The molecule has 6 nitrogen and oxygen atoms in total. The van der Waals surface area contributed by atoms with Gasteiger partial charge >= 0.3 is 0 Å². The maximum Gasteiger partial charge on any atom is 0.253 e. The zero-order chi connectivity index (χ0) is 19.5. The number of imidazole rings is 1. The number of thiophene rings is 1. The van der Waals surface area contributed by atoms with Crippen LogP contribution in [0.4, 0.5) is 5.82 Å². The smallest absolute Gasteiger partial charge is 0.253 e. The van der Waals surface area contributed by atoms with E-state index >= 15 is 0 Å². The van der Waals surface area contributed by atoms with Crippen molar-refractivity contribution >= 4 is 40.0 Å². The standard InChI is InChI=1S/C20H21N5OS2/c1-3-16-20(24(2)13-18-21-8-10-28-18)25-12-14(6-7-17(25)23-16)19(26)22-11-15-5-4-9-27-15/h4-10,12H,3,11,13H2,1-2H3,(H,22,26). The average molecular weight is 412 g/mol. The molecule has 4 heterocycles. The second-order valence-electron chi connectivity index (χ2n) is 6.43. The highest BCUT2D eigenvalue weighted by atomic mass is 32.1. The van der Waals surface area contributed by atoms with Gasteiger partial charge in [0, 0.05) is 29.7 Å². The molecule has 8 heteroatoms. The molecule has 4 aromatic rings. The molecule has 0 spiro atoms. The van der Waals surface area contributed by atoms with E-state index in [-0.39, 0.29) is 5.91 Å². The third kappa shape index (κ3) is 3.79. The molecule has 4 aromatic heterocycles. The molecule has 28 heavy (non-hydrogen) atoms. The average Bonchev–Trinajstić information content (AvgIpc) is 3.45. The number of thiazole rings is 1. The Balaban J connectivity index is 1.62. The third-order valence-electron chi connectivity index (χ3n) is 4.48. The van der Waals surface area contributed by atoms with Gasteiger partial charge in [-0.15, -0.1) is 22.7 Å². The van der Waals surface area contributed by atoms with Crippen LogP contribution in [-0.4, -0.2) is 27.3 Å². The molecule has 1 amide bonds. The summed E-state index contributed by atoms with van der Waals surface area (Å²) < 4.78 is 2.01. The fourth-order valence-corrected chi connectivity index (χ4v) is 4.46. The van der Waals surface area contributed by atoms with E-state index in [2.05, 4.69) is 22.1 Å². The number of carbonyl (C=O) groups is 1. The summed E-state index contributed by atoms with van der Waals surface area (Å²) in [7, 11) is 2.04. The molecular weight excluding hydrogens is 390 g/mol. The van der Waals surface area contributed by atoms with E-state index in [1.165, 1.54) is 0 Å². The van der Waals surface area contributed by atoms with Gasteiger partial charge in [-0.3, -0.25) is 9.20 Å². The quantitative estimate of drug-likeness (QED) is 0.500. The first kappa shape index (κ1) is 18.6. The minimum absolute atomic E-state index is 0.0874. The van der Waals surface area contributed by atoms with Gasteiger partial charge in [-0.1, -0.05) is 13.0 Å². The van der Waals surface area contributed by atoms with Crippen molar-refractivity contribution < 1.29 is 4.79 Å². The number of amides is 1. The monoisotopic (exact) mass is 411 g/mol. The second-order valence-corrected chi connectivity index (χ2v) is 8.44. The van der Waals surface area contributed by atoms with Gasteiger partial charge in [-0.25, -0.2) is 9.97 Å². The molecule has 0 fully saturated rings. The third-order valence-corrected chi connectivity index (χ3v) is 6.12. The number of pyridine rings is 1. The first-order valence-electron chi connectivity index (χ1n) is 9.06. The highest BCUT2D eigenvalue weighted by molar-refractivity contribution is 7.10. The van der Waals surface area contributed by atoms with Gasteiger partial charge in [0.2, 0.25) is 0 Å². The molecule has 4 rings (SSSR count). The molecule has 0 aliphatic rings. The van der Waals surface area contributed by atoms with Crippen molar-refractivity contribution in [3.8, 4) is 0 Å². The van der Waals surface area contributed by atoms with E-state index in [9.17, 15) is 4.79 Å². The van der Waals surface area contributed by atoms with Crippen LogP contribution < -0.4 is 10.2 Å². The van der Waals surface area contributed by atoms with Gasteiger partial charge < -0.3 is 10.2 Å². The van der Waals surface area contributed by atoms with Crippen LogP contribution in [0.5, 0.6) is 0 Å². The highest BCUT2D eigenvalue weighted by Gasteiger charge is 2.17. The van der Waals surface area contributed by atoms with Gasteiger partial charge in [0.25, 0.3) is 5.91 Å². The molecule has 0 saturated heterocycles. The van der Waals surface area contributed by atoms with Crippen molar-refractivity contribution in [3.05, 3.63) is 68.6 Å². The van der Waals surface area contributed by atoms with Gasteiger partial charge in [0.1, 0.15) is 16.5 Å². The summed E-state index contributed by atoms with van der Waals surface area (Å²) in [4.78, 5) is 25.0. The van der Waals surface area contributed by atoms with E-state index in [0.717, 1.165) is 33.5 Å². The molecule has 0 saturated carbocycles. The number of fused-ring (bicyclic) bond motifs is 1.